The van der Waals surface area contributed by atoms with Crippen molar-refractivity contribution in [2.45, 2.75) is 45.2 Å². The maximum Gasteiger partial charge on any atom is 0.0444 e. The normalized spacial score (nSPS) is 19.4. The summed E-state index contributed by atoms with van der Waals surface area (Å²) in [6.07, 6.45) is 5.58. The molecule has 1 aromatic rings. The second-order valence-electron chi connectivity index (χ2n) is 5.61. The van der Waals surface area contributed by atoms with Crippen LogP contribution < -0.4 is 10.6 Å². The first kappa shape index (κ1) is 11.1. The molecule has 0 aliphatic heterocycles. The highest BCUT2D eigenvalue weighted by Crippen LogP contribution is 2.40. The highest BCUT2D eigenvalue weighted by atomic mass is 15.2. The first-order valence-electron chi connectivity index (χ1n) is 6.85. The summed E-state index contributed by atoms with van der Waals surface area (Å²) in [7, 11) is 0. The summed E-state index contributed by atoms with van der Waals surface area (Å²) in [5, 5.41) is 0. The Hall–Kier alpha value is -1.02. The summed E-state index contributed by atoms with van der Waals surface area (Å²) in [6, 6.07) is 7.33. The van der Waals surface area contributed by atoms with Gasteiger partial charge in [0.05, 0.1) is 0 Å². The number of anilines is 1. The minimum atomic E-state index is 0.658. The lowest BCUT2D eigenvalue weighted by atomic mass is 10.1. The molecule has 0 amide bonds. The number of nitrogens with zero attached hydrogens (tertiary/aromatic N) is 1. The number of para-hydroxylation sites is 1. The van der Waals surface area contributed by atoms with Crippen LogP contribution in [0.1, 0.15) is 36.8 Å². The molecule has 0 bridgehead atoms. The molecule has 17 heavy (non-hydrogen) atoms. The largest absolute Gasteiger partial charge is 0.368 e. The van der Waals surface area contributed by atoms with Gasteiger partial charge in [0.1, 0.15) is 0 Å². The van der Waals surface area contributed by atoms with Gasteiger partial charge in [-0.3, -0.25) is 0 Å². The Morgan fingerprint density at radius 1 is 1.24 bits per heavy atom. The standard InChI is InChI=1S/C15H22N2/c1-11-3-2-4-13(9-16)15(11)17(14-7-8-14)10-12-5-6-12/h2-4,12,14H,5-10,16H2,1H3. The molecule has 2 saturated carbocycles. The molecule has 2 fully saturated rings. The summed E-state index contributed by atoms with van der Waals surface area (Å²) in [4.78, 5) is 2.65. The average Bonchev–Trinajstić information content (AvgIpc) is 3.17. The van der Waals surface area contributed by atoms with Crippen LogP contribution in [-0.4, -0.2) is 12.6 Å². The van der Waals surface area contributed by atoms with E-state index in [9.17, 15) is 0 Å². The molecule has 3 rings (SSSR count). The zero-order valence-electron chi connectivity index (χ0n) is 10.7. The summed E-state index contributed by atoms with van der Waals surface area (Å²) in [6.45, 7) is 4.13. The summed E-state index contributed by atoms with van der Waals surface area (Å²) in [5.41, 5.74) is 10.0. The lowest BCUT2D eigenvalue weighted by molar-refractivity contribution is 0.712. The van der Waals surface area contributed by atoms with Crippen molar-refractivity contribution in [3.8, 4) is 0 Å². The van der Waals surface area contributed by atoms with Gasteiger partial charge < -0.3 is 10.6 Å². The predicted molar refractivity (Wildman–Crippen MR) is 72.2 cm³/mol. The summed E-state index contributed by atoms with van der Waals surface area (Å²) in [5.74, 6) is 0.945. The highest BCUT2D eigenvalue weighted by Gasteiger charge is 2.35. The van der Waals surface area contributed by atoms with E-state index in [2.05, 4.69) is 30.0 Å². The molecule has 0 unspecified atom stereocenters. The molecule has 2 heteroatoms. The van der Waals surface area contributed by atoms with Crippen molar-refractivity contribution in [2.75, 3.05) is 11.4 Å². The van der Waals surface area contributed by atoms with E-state index in [4.69, 9.17) is 5.73 Å². The molecule has 0 spiro atoms. The molecule has 0 aromatic heterocycles. The Morgan fingerprint density at radius 2 is 2.00 bits per heavy atom. The van der Waals surface area contributed by atoms with Crippen molar-refractivity contribution in [3.05, 3.63) is 29.3 Å². The van der Waals surface area contributed by atoms with E-state index >= 15 is 0 Å². The zero-order chi connectivity index (χ0) is 11.8. The van der Waals surface area contributed by atoms with E-state index in [1.54, 1.807) is 0 Å². The van der Waals surface area contributed by atoms with Gasteiger partial charge in [0.2, 0.25) is 0 Å². The molecule has 0 saturated heterocycles. The van der Waals surface area contributed by atoms with E-state index in [0.29, 0.717) is 6.54 Å². The Balaban J connectivity index is 1.92. The molecule has 0 radical (unpaired) electrons. The molecule has 0 atom stereocenters. The molecule has 92 valence electrons. The van der Waals surface area contributed by atoms with Crippen molar-refractivity contribution in [1.82, 2.24) is 0 Å². The Bertz CT molecular complexity index is 405. The van der Waals surface area contributed by atoms with Crippen LogP contribution in [0.3, 0.4) is 0 Å². The fraction of sp³-hybridized carbons (Fsp3) is 0.600. The second kappa shape index (κ2) is 4.34. The highest BCUT2D eigenvalue weighted by molar-refractivity contribution is 5.61. The van der Waals surface area contributed by atoms with Gasteiger partial charge in [-0.05, 0) is 49.7 Å². The number of hydrogen-bond acceptors (Lipinski definition) is 2. The Labute approximate surface area is 104 Å². The van der Waals surface area contributed by atoms with Crippen LogP contribution in [0.4, 0.5) is 5.69 Å². The van der Waals surface area contributed by atoms with E-state index in [-0.39, 0.29) is 0 Å². The van der Waals surface area contributed by atoms with Crippen LogP contribution in [0.5, 0.6) is 0 Å². The maximum atomic E-state index is 5.90. The van der Waals surface area contributed by atoms with Crippen LogP contribution in [0.25, 0.3) is 0 Å². The van der Waals surface area contributed by atoms with Gasteiger partial charge in [0.15, 0.2) is 0 Å². The minimum absolute atomic E-state index is 0.658. The van der Waals surface area contributed by atoms with Gasteiger partial charge in [0, 0.05) is 24.8 Å². The fourth-order valence-electron chi connectivity index (χ4n) is 2.68. The average molecular weight is 230 g/mol. The lowest BCUT2D eigenvalue weighted by Crippen LogP contribution is -2.30. The molecule has 2 aliphatic rings. The van der Waals surface area contributed by atoms with Crippen molar-refractivity contribution in [1.29, 1.82) is 0 Å². The van der Waals surface area contributed by atoms with Crippen LogP contribution in [0.2, 0.25) is 0 Å². The quantitative estimate of drug-likeness (QED) is 0.842. The van der Waals surface area contributed by atoms with E-state index in [1.807, 2.05) is 0 Å². The number of benzene rings is 1. The number of hydrogen-bond donors (Lipinski definition) is 1. The first-order valence-corrected chi connectivity index (χ1v) is 6.85. The summed E-state index contributed by atoms with van der Waals surface area (Å²) < 4.78 is 0. The molecular weight excluding hydrogens is 208 g/mol. The van der Waals surface area contributed by atoms with Gasteiger partial charge in [0.25, 0.3) is 0 Å². The van der Waals surface area contributed by atoms with Crippen molar-refractivity contribution in [2.24, 2.45) is 11.7 Å². The third kappa shape index (κ3) is 2.32. The van der Waals surface area contributed by atoms with Gasteiger partial charge in [-0.15, -0.1) is 0 Å². The van der Waals surface area contributed by atoms with E-state index in [1.165, 1.54) is 49.0 Å². The fourth-order valence-corrected chi connectivity index (χ4v) is 2.68. The van der Waals surface area contributed by atoms with Crippen molar-refractivity contribution < 1.29 is 0 Å². The Kier molecular flexibility index (Phi) is 2.83. The van der Waals surface area contributed by atoms with Crippen molar-refractivity contribution in [3.63, 3.8) is 0 Å². The molecule has 1 aromatic carbocycles. The Morgan fingerprint density at radius 3 is 2.59 bits per heavy atom. The molecule has 2 aliphatic carbocycles. The summed E-state index contributed by atoms with van der Waals surface area (Å²) >= 11 is 0. The zero-order valence-corrected chi connectivity index (χ0v) is 10.7. The molecule has 2 N–H and O–H groups in total. The molecular formula is C15H22N2. The third-order valence-corrected chi connectivity index (χ3v) is 3.97. The number of aryl methyl sites for hydroxylation is 1. The van der Waals surface area contributed by atoms with Gasteiger partial charge in [-0.1, -0.05) is 18.2 Å². The SMILES string of the molecule is Cc1cccc(CN)c1N(CC1CC1)C1CC1. The molecule has 0 heterocycles. The van der Waals surface area contributed by atoms with Gasteiger partial charge in [-0.25, -0.2) is 0 Å². The van der Waals surface area contributed by atoms with Gasteiger partial charge >= 0.3 is 0 Å². The van der Waals surface area contributed by atoms with Crippen LogP contribution in [0, 0.1) is 12.8 Å². The number of nitrogens with two attached hydrogens (primary N) is 1. The lowest BCUT2D eigenvalue weighted by Gasteiger charge is -2.29. The van der Waals surface area contributed by atoms with Crippen LogP contribution in [-0.2, 0) is 6.54 Å². The van der Waals surface area contributed by atoms with Gasteiger partial charge in [-0.2, -0.15) is 0 Å². The van der Waals surface area contributed by atoms with E-state index in [0.717, 1.165) is 12.0 Å². The maximum absolute atomic E-state index is 5.90. The smallest absolute Gasteiger partial charge is 0.0444 e. The first-order chi connectivity index (χ1) is 8.29. The second-order valence-corrected chi connectivity index (χ2v) is 5.61. The molecule has 2 nitrogen and oxygen atoms in total. The van der Waals surface area contributed by atoms with Crippen LogP contribution in [0.15, 0.2) is 18.2 Å². The number of rotatable bonds is 5. The third-order valence-electron chi connectivity index (χ3n) is 3.97. The van der Waals surface area contributed by atoms with E-state index < -0.39 is 0 Å². The predicted octanol–water partition coefficient (Wildman–Crippen LogP) is 2.83. The monoisotopic (exact) mass is 230 g/mol. The van der Waals surface area contributed by atoms with Crippen molar-refractivity contribution >= 4 is 5.69 Å². The van der Waals surface area contributed by atoms with Crippen LogP contribution >= 0.6 is 0 Å². The minimum Gasteiger partial charge on any atom is -0.368 e. The topological polar surface area (TPSA) is 29.3 Å².